The smallest absolute Gasteiger partial charge is 0.337 e. The lowest BCUT2D eigenvalue weighted by molar-refractivity contribution is 0.0601. The Morgan fingerprint density at radius 2 is 1.57 bits per heavy atom. The topological polar surface area (TPSA) is 50.4 Å². The molecule has 0 saturated carbocycles. The summed E-state index contributed by atoms with van der Waals surface area (Å²) in [5, 5.41) is 0. The minimum Gasteiger partial charge on any atom is -0.465 e. The van der Waals surface area contributed by atoms with Crippen LogP contribution in [0.15, 0.2) is 48.5 Å². The zero-order chi connectivity index (χ0) is 16.8. The Morgan fingerprint density at radius 1 is 1.00 bits per heavy atom. The van der Waals surface area contributed by atoms with Crippen molar-refractivity contribution in [3.63, 3.8) is 0 Å². The molecule has 0 aliphatic carbocycles. The molecule has 2 N–H and O–H groups in total. The largest absolute Gasteiger partial charge is 0.465 e. The molecular weight excluding hydrogens is 308 g/mol. The summed E-state index contributed by atoms with van der Waals surface area (Å²) in [7, 11) is 1.36. The lowest BCUT2D eigenvalue weighted by atomic mass is 10.0. The highest BCUT2D eigenvalue weighted by Gasteiger charge is 2.05. The van der Waals surface area contributed by atoms with E-state index in [4.69, 9.17) is 12.2 Å². The fraction of sp³-hybridized carbons (Fsp3) is 0.222. The van der Waals surface area contributed by atoms with Crippen molar-refractivity contribution in [1.29, 1.82) is 0 Å². The van der Waals surface area contributed by atoms with Gasteiger partial charge in [0.05, 0.1) is 18.4 Å². The molecule has 0 bridgehead atoms. The molecule has 0 amide bonds. The average Bonchev–Trinajstić information content (AvgIpc) is 2.59. The van der Waals surface area contributed by atoms with Gasteiger partial charge in [-0.2, -0.15) is 0 Å². The molecule has 0 aromatic heterocycles. The summed E-state index contributed by atoms with van der Waals surface area (Å²) in [5.74, 6) is 0.141. The number of anilines is 1. The first-order chi connectivity index (χ1) is 11.0. The summed E-state index contributed by atoms with van der Waals surface area (Å²) in [6.07, 6.45) is 0. The molecule has 0 aliphatic heterocycles. The van der Waals surface area contributed by atoms with Gasteiger partial charge in [0, 0.05) is 5.56 Å². The molecule has 2 aromatic rings. The van der Waals surface area contributed by atoms with E-state index in [1.54, 1.807) is 24.3 Å². The Labute approximate surface area is 141 Å². The van der Waals surface area contributed by atoms with Crippen molar-refractivity contribution in [2.75, 3.05) is 12.5 Å². The molecule has 0 radical (unpaired) electrons. The molecule has 4 nitrogen and oxygen atoms in total. The number of hydrazine groups is 1. The summed E-state index contributed by atoms with van der Waals surface area (Å²) >= 11 is 5.37. The third kappa shape index (κ3) is 4.53. The number of esters is 1. The third-order valence-electron chi connectivity index (χ3n) is 3.47. The van der Waals surface area contributed by atoms with Crippen LogP contribution in [0.5, 0.6) is 0 Å². The molecule has 2 rings (SSSR count). The quantitative estimate of drug-likeness (QED) is 0.495. The van der Waals surface area contributed by atoms with E-state index in [-0.39, 0.29) is 5.97 Å². The standard InChI is InChI=1S/C18H20N2O2S/c1-12(2)13-4-6-14(7-5-13)17(23)20-19-16-10-8-15(9-11-16)18(21)22-3/h4-12,19H,1-3H3,(H,20,23). The van der Waals surface area contributed by atoms with E-state index >= 15 is 0 Å². The number of methoxy groups -OCH3 is 1. The maximum atomic E-state index is 11.4. The first-order valence-corrected chi connectivity index (χ1v) is 7.76. The van der Waals surface area contributed by atoms with Crippen LogP contribution in [-0.4, -0.2) is 18.1 Å². The zero-order valence-corrected chi connectivity index (χ0v) is 14.2. The lowest BCUT2D eigenvalue weighted by Gasteiger charge is -2.12. The van der Waals surface area contributed by atoms with Crippen LogP contribution in [0.1, 0.15) is 41.3 Å². The van der Waals surface area contributed by atoms with Crippen molar-refractivity contribution in [2.24, 2.45) is 0 Å². The van der Waals surface area contributed by atoms with Crippen LogP contribution in [0.25, 0.3) is 0 Å². The Morgan fingerprint density at radius 3 is 2.09 bits per heavy atom. The first kappa shape index (κ1) is 17.0. The molecule has 2 aromatic carbocycles. The van der Waals surface area contributed by atoms with Crippen molar-refractivity contribution in [1.82, 2.24) is 5.43 Å². The number of carbonyl (C=O) groups excluding carboxylic acids is 1. The molecule has 0 unspecified atom stereocenters. The highest BCUT2D eigenvalue weighted by Crippen LogP contribution is 2.15. The van der Waals surface area contributed by atoms with Gasteiger partial charge in [-0.3, -0.25) is 5.43 Å². The zero-order valence-electron chi connectivity index (χ0n) is 13.4. The number of thiocarbonyl (C=S) groups is 1. The van der Waals surface area contributed by atoms with Gasteiger partial charge in [-0.1, -0.05) is 50.3 Å². The SMILES string of the molecule is COC(=O)c1ccc(NNC(=S)c2ccc(C(C)C)cc2)cc1. The van der Waals surface area contributed by atoms with Gasteiger partial charge in [-0.05, 0) is 35.7 Å². The van der Waals surface area contributed by atoms with E-state index in [2.05, 4.69) is 41.6 Å². The minimum absolute atomic E-state index is 0.356. The summed E-state index contributed by atoms with van der Waals surface area (Å²) in [6.45, 7) is 4.32. The maximum absolute atomic E-state index is 11.4. The molecule has 120 valence electrons. The van der Waals surface area contributed by atoms with Gasteiger partial charge in [0.15, 0.2) is 0 Å². The van der Waals surface area contributed by atoms with Crippen molar-refractivity contribution in [3.8, 4) is 0 Å². The maximum Gasteiger partial charge on any atom is 0.337 e. The normalized spacial score (nSPS) is 10.3. The van der Waals surface area contributed by atoms with E-state index in [0.29, 0.717) is 16.5 Å². The van der Waals surface area contributed by atoms with Crippen molar-refractivity contribution >= 4 is 28.9 Å². The Hall–Kier alpha value is -2.40. The first-order valence-electron chi connectivity index (χ1n) is 7.36. The van der Waals surface area contributed by atoms with Gasteiger partial charge in [-0.25, -0.2) is 4.79 Å². The monoisotopic (exact) mass is 328 g/mol. The van der Waals surface area contributed by atoms with Gasteiger partial charge < -0.3 is 10.2 Å². The fourth-order valence-electron chi connectivity index (χ4n) is 2.03. The summed E-state index contributed by atoms with van der Waals surface area (Å²) < 4.78 is 4.66. The van der Waals surface area contributed by atoms with Crippen LogP contribution < -0.4 is 10.9 Å². The van der Waals surface area contributed by atoms with Crippen LogP contribution in [0, 0.1) is 0 Å². The second kappa shape index (κ2) is 7.74. The van der Waals surface area contributed by atoms with Crippen LogP contribution in [0.4, 0.5) is 5.69 Å². The molecule has 0 saturated heterocycles. The average molecular weight is 328 g/mol. The van der Waals surface area contributed by atoms with E-state index in [1.165, 1.54) is 12.7 Å². The van der Waals surface area contributed by atoms with Gasteiger partial charge >= 0.3 is 5.97 Å². The van der Waals surface area contributed by atoms with Gasteiger partial charge in [-0.15, -0.1) is 0 Å². The van der Waals surface area contributed by atoms with Crippen LogP contribution in [0.2, 0.25) is 0 Å². The van der Waals surface area contributed by atoms with Gasteiger partial charge in [0.2, 0.25) is 0 Å². The van der Waals surface area contributed by atoms with E-state index in [9.17, 15) is 4.79 Å². The predicted molar refractivity (Wildman–Crippen MR) is 96.8 cm³/mol. The summed E-state index contributed by atoms with van der Waals surface area (Å²) in [4.78, 5) is 12.0. The highest BCUT2D eigenvalue weighted by atomic mass is 32.1. The molecular formula is C18H20N2O2S. The molecule has 0 spiro atoms. The predicted octanol–water partition coefficient (Wildman–Crippen LogP) is 3.89. The molecule has 0 aliphatic rings. The Balaban J connectivity index is 1.94. The molecule has 23 heavy (non-hydrogen) atoms. The van der Waals surface area contributed by atoms with E-state index in [0.717, 1.165) is 11.3 Å². The number of hydrogen-bond donors (Lipinski definition) is 2. The van der Waals surface area contributed by atoms with E-state index < -0.39 is 0 Å². The summed E-state index contributed by atoms with van der Waals surface area (Å²) in [6, 6.07) is 15.1. The minimum atomic E-state index is -0.356. The highest BCUT2D eigenvalue weighted by molar-refractivity contribution is 7.80. The number of hydrogen-bond acceptors (Lipinski definition) is 4. The van der Waals surface area contributed by atoms with Crippen molar-refractivity contribution in [3.05, 3.63) is 65.2 Å². The van der Waals surface area contributed by atoms with Crippen LogP contribution >= 0.6 is 12.2 Å². The summed E-state index contributed by atoms with van der Waals surface area (Å²) in [5.41, 5.74) is 9.55. The number of rotatable bonds is 5. The second-order valence-electron chi connectivity index (χ2n) is 5.42. The lowest BCUT2D eigenvalue weighted by Crippen LogP contribution is -2.28. The van der Waals surface area contributed by atoms with E-state index in [1.807, 2.05) is 12.1 Å². The molecule has 5 heteroatoms. The molecule has 0 fully saturated rings. The van der Waals surface area contributed by atoms with Gasteiger partial charge in [0.25, 0.3) is 0 Å². The molecule has 0 heterocycles. The Bertz CT molecular complexity index is 679. The Kier molecular flexibility index (Phi) is 5.71. The molecule has 0 atom stereocenters. The fourth-order valence-corrected chi connectivity index (χ4v) is 2.22. The third-order valence-corrected chi connectivity index (χ3v) is 3.80. The van der Waals surface area contributed by atoms with Crippen molar-refractivity contribution < 1.29 is 9.53 Å². The second-order valence-corrected chi connectivity index (χ2v) is 5.83. The number of ether oxygens (including phenoxy) is 1. The van der Waals surface area contributed by atoms with Crippen molar-refractivity contribution in [2.45, 2.75) is 19.8 Å². The van der Waals surface area contributed by atoms with Crippen LogP contribution in [0.3, 0.4) is 0 Å². The number of carbonyl (C=O) groups is 1. The van der Waals surface area contributed by atoms with Crippen LogP contribution in [-0.2, 0) is 4.74 Å². The number of benzene rings is 2. The number of nitrogens with one attached hydrogen (secondary N) is 2. The van der Waals surface area contributed by atoms with Gasteiger partial charge in [0.1, 0.15) is 4.99 Å².